The molecule has 0 aliphatic heterocycles. The number of rotatable bonds is 11. The second kappa shape index (κ2) is 18.8. The molecule has 13 rings (SSSR count). The summed E-state index contributed by atoms with van der Waals surface area (Å²) < 4.78 is 2.48. The number of hydrogen-bond acceptors (Lipinski definition) is 1. The third kappa shape index (κ3) is 7.75. The molecule has 0 unspecified atom stereocenters. The second-order valence-electron chi connectivity index (χ2n) is 18.8. The van der Waals surface area contributed by atoms with Gasteiger partial charge in [-0.3, -0.25) is 0 Å². The van der Waals surface area contributed by atoms with Gasteiger partial charge in [-0.25, -0.2) is 0 Å². The van der Waals surface area contributed by atoms with E-state index in [2.05, 4.69) is 313 Å². The molecule has 3 heteroatoms. The van der Waals surface area contributed by atoms with Crippen LogP contribution in [0.3, 0.4) is 0 Å². The van der Waals surface area contributed by atoms with E-state index in [1.54, 1.807) is 0 Å². The van der Waals surface area contributed by atoms with Crippen molar-refractivity contribution in [3.63, 3.8) is 0 Å². The predicted molar refractivity (Wildman–Crippen MR) is 313 cm³/mol. The van der Waals surface area contributed by atoms with E-state index in [0.717, 1.165) is 33.9 Å². The molecule has 0 aliphatic rings. The van der Waals surface area contributed by atoms with Crippen molar-refractivity contribution in [2.45, 2.75) is 0 Å². The van der Waals surface area contributed by atoms with Gasteiger partial charge in [0.2, 0.25) is 0 Å². The summed E-state index contributed by atoms with van der Waals surface area (Å²) in [5.41, 5.74) is 13.7. The summed E-state index contributed by atoms with van der Waals surface area (Å²) in [6.07, 6.45) is 0. The minimum Gasteiger partial charge on any atom is -0.310 e. The fourth-order valence-electron chi connectivity index (χ4n) is 11.4. The van der Waals surface area contributed by atoms with Crippen LogP contribution in [0.1, 0.15) is 0 Å². The Balaban J connectivity index is 1.04. The minimum absolute atomic E-state index is 1.07. The van der Waals surface area contributed by atoms with Crippen LogP contribution in [-0.4, -0.2) is 12.6 Å². The number of para-hydroxylation sites is 1. The van der Waals surface area contributed by atoms with Crippen molar-refractivity contribution in [2.24, 2.45) is 0 Å². The minimum atomic E-state index is -2.86. The maximum absolute atomic E-state index is 2.86. The highest BCUT2D eigenvalue weighted by atomic mass is 28.3. The van der Waals surface area contributed by atoms with Crippen molar-refractivity contribution >= 4 is 78.5 Å². The van der Waals surface area contributed by atoms with Gasteiger partial charge in [0.15, 0.2) is 8.07 Å². The lowest BCUT2D eigenvalue weighted by Crippen LogP contribution is -2.74. The highest BCUT2D eigenvalue weighted by molar-refractivity contribution is 7.19. The van der Waals surface area contributed by atoms with Crippen LogP contribution in [0.5, 0.6) is 0 Å². The predicted octanol–water partition coefficient (Wildman–Crippen LogP) is 15.8. The molecule has 0 aliphatic carbocycles. The Labute approximate surface area is 428 Å². The zero-order chi connectivity index (χ0) is 48.6. The molecule has 0 atom stereocenters. The van der Waals surface area contributed by atoms with Crippen LogP contribution in [0.15, 0.2) is 303 Å². The van der Waals surface area contributed by atoms with Crippen molar-refractivity contribution < 1.29 is 0 Å². The monoisotopic (exact) mass is 946 g/mol. The Morgan fingerprint density at radius 2 is 0.753 bits per heavy atom. The van der Waals surface area contributed by atoms with Gasteiger partial charge in [-0.15, -0.1) is 0 Å². The standard InChI is InChI=1S/C70H50N2Si/c1-6-22-51(23-7-1)53-40-44-57(45-41-53)71(59-29-21-36-63(50-59)73(60-30-10-3-11-31-60,61-32-12-4-13-33-61)62-34-14-5-15-35-62)58-28-20-27-56(48-58)66-49-55(52-24-8-2-9-25-52)43-46-68(66)72-67-39-19-18-38-65(67)70-64-37-17-16-26-54(64)42-47-69(70)72/h1-50H. The first kappa shape index (κ1) is 43.7. The highest BCUT2D eigenvalue weighted by Gasteiger charge is 2.41. The Bertz CT molecular complexity index is 3960. The Hall–Kier alpha value is -9.28. The summed E-state index contributed by atoms with van der Waals surface area (Å²) in [6, 6.07) is 112. The number of nitrogens with zero attached hydrogens (tertiary/aromatic N) is 2. The smallest absolute Gasteiger partial charge is 0.179 e. The molecule has 0 saturated heterocycles. The van der Waals surface area contributed by atoms with Crippen LogP contribution in [0.4, 0.5) is 17.1 Å². The number of benzene rings is 12. The lowest BCUT2D eigenvalue weighted by molar-refractivity contribution is 1.18. The van der Waals surface area contributed by atoms with Crippen LogP contribution >= 0.6 is 0 Å². The average molecular weight is 947 g/mol. The van der Waals surface area contributed by atoms with Gasteiger partial charge in [0.05, 0.1) is 16.7 Å². The fourth-order valence-corrected chi connectivity index (χ4v) is 16.2. The summed E-state index contributed by atoms with van der Waals surface area (Å²) >= 11 is 0. The van der Waals surface area contributed by atoms with Crippen LogP contribution in [0.2, 0.25) is 0 Å². The van der Waals surface area contributed by atoms with Crippen LogP contribution < -0.4 is 25.6 Å². The lowest BCUT2D eigenvalue weighted by atomic mass is 9.96. The number of aromatic nitrogens is 1. The maximum atomic E-state index is 2.48. The zero-order valence-corrected chi connectivity index (χ0v) is 41.3. The van der Waals surface area contributed by atoms with Crippen LogP contribution in [-0.2, 0) is 0 Å². The summed E-state index contributed by atoms with van der Waals surface area (Å²) in [6.45, 7) is 0. The summed E-state index contributed by atoms with van der Waals surface area (Å²) in [4.78, 5) is 2.45. The van der Waals surface area contributed by atoms with Crippen LogP contribution in [0, 0.1) is 0 Å². The number of anilines is 3. The molecular formula is C70H50N2Si. The van der Waals surface area contributed by atoms with E-state index >= 15 is 0 Å². The molecule has 344 valence electrons. The van der Waals surface area contributed by atoms with E-state index < -0.39 is 8.07 Å². The summed E-state index contributed by atoms with van der Waals surface area (Å²) in [7, 11) is -2.86. The largest absolute Gasteiger partial charge is 0.310 e. The highest BCUT2D eigenvalue weighted by Crippen LogP contribution is 2.43. The molecule has 12 aromatic carbocycles. The quantitative estimate of drug-likeness (QED) is 0.0926. The van der Waals surface area contributed by atoms with E-state index in [1.807, 2.05) is 0 Å². The molecule has 0 N–H and O–H groups in total. The molecule has 13 aromatic rings. The molecular weight excluding hydrogens is 897 g/mol. The normalized spacial score (nSPS) is 11.6. The molecule has 1 heterocycles. The Kier molecular flexibility index (Phi) is 11.3. The van der Waals surface area contributed by atoms with Crippen molar-refractivity contribution in [1.82, 2.24) is 4.57 Å². The van der Waals surface area contributed by atoms with Gasteiger partial charge < -0.3 is 9.47 Å². The first-order valence-electron chi connectivity index (χ1n) is 25.2. The summed E-state index contributed by atoms with van der Waals surface area (Å²) in [5.74, 6) is 0. The number of hydrogen-bond donors (Lipinski definition) is 0. The van der Waals surface area contributed by atoms with Gasteiger partial charge in [0.25, 0.3) is 0 Å². The third-order valence-electron chi connectivity index (χ3n) is 14.7. The molecule has 0 bridgehead atoms. The molecule has 0 amide bonds. The molecule has 0 saturated carbocycles. The maximum Gasteiger partial charge on any atom is 0.179 e. The Morgan fingerprint density at radius 3 is 1.40 bits per heavy atom. The van der Waals surface area contributed by atoms with E-state index in [-0.39, 0.29) is 0 Å². The molecule has 0 radical (unpaired) electrons. The van der Waals surface area contributed by atoms with Gasteiger partial charge in [-0.1, -0.05) is 243 Å². The third-order valence-corrected chi connectivity index (χ3v) is 19.5. The fraction of sp³-hybridized carbons (Fsp3) is 0. The van der Waals surface area contributed by atoms with Crippen LogP contribution in [0.25, 0.3) is 71.6 Å². The topological polar surface area (TPSA) is 8.17 Å². The van der Waals surface area contributed by atoms with Crippen molar-refractivity contribution in [2.75, 3.05) is 4.90 Å². The molecule has 2 nitrogen and oxygen atoms in total. The second-order valence-corrected chi connectivity index (χ2v) is 22.6. The van der Waals surface area contributed by atoms with E-state index in [9.17, 15) is 0 Å². The van der Waals surface area contributed by atoms with Crippen molar-refractivity contribution in [1.29, 1.82) is 0 Å². The SMILES string of the molecule is c1ccc(-c2ccc(N(c3cccc(-c4cc(-c5ccccc5)ccc4-n4c5ccccc5c5c6ccccc6ccc54)c3)c3cccc([Si](c4ccccc4)(c4ccccc4)c4ccccc4)c3)cc2)cc1. The van der Waals surface area contributed by atoms with Gasteiger partial charge in [0, 0.05) is 33.4 Å². The Morgan fingerprint density at radius 1 is 0.274 bits per heavy atom. The zero-order valence-electron chi connectivity index (χ0n) is 40.3. The lowest BCUT2D eigenvalue weighted by Gasteiger charge is -2.35. The van der Waals surface area contributed by atoms with Gasteiger partial charge in [-0.05, 0) is 120 Å². The van der Waals surface area contributed by atoms with E-state index in [1.165, 1.54) is 75.6 Å². The van der Waals surface area contributed by atoms with Crippen molar-refractivity contribution in [3.8, 4) is 39.1 Å². The van der Waals surface area contributed by atoms with Gasteiger partial charge in [0.1, 0.15) is 0 Å². The number of fused-ring (bicyclic) bond motifs is 5. The first-order chi connectivity index (χ1) is 36.2. The molecule has 73 heavy (non-hydrogen) atoms. The van der Waals surface area contributed by atoms with Gasteiger partial charge in [-0.2, -0.15) is 0 Å². The molecule has 0 spiro atoms. The molecule has 1 aromatic heterocycles. The molecule has 0 fully saturated rings. The first-order valence-corrected chi connectivity index (χ1v) is 27.2. The van der Waals surface area contributed by atoms with Crippen molar-refractivity contribution in [3.05, 3.63) is 303 Å². The summed E-state index contributed by atoms with van der Waals surface area (Å²) in [5, 5.41) is 10.3. The van der Waals surface area contributed by atoms with Gasteiger partial charge >= 0.3 is 0 Å². The average Bonchev–Trinajstić information content (AvgIpc) is 3.82. The van der Waals surface area contributed by atoms with E-state index in [4.69, 9.17) is 0 Å². The van der Waals surface area contributed by atoms with E-state index in [0.29, 0.717) is 0 Å².